The number of anilines is 1. The highest BCUT2D eigenvalue weighted by atomic mass is 16.2. The number of benzene rings is 1. The topological polar surface area (TPSA) is 72.2 Å². The van der Waals surface area contributed by atoms with E-state index in [4.69, 9.17) is 0 Å². The van der Waals surface area contributed by atoms with Crippen molar-refractivity contribution in [2.24, 2.45) is 23.2 Å². The number of hydrogen-bond acceptors (Lipinski definition) is 4. The fourth-order valence-corrected chi connectivity index (χ4v) is 6.26. The van der Waals surface area contributed by atoms with Crippen LogP contribution in [0.2, 0.25) is 0 Å². The van der Waals surface area contributed by atoms with E-state index in [-0.39, 0.29) is 11.3 Å². The number of carbonyl (C=O) groups is 1. The molecule has 6 nitrogen and oxygen atoms in total. The first-order valence-corrected chi connectivity index (χ1v) is 10.3. The minimum Gasteiger partial charge on any atom is -0.326 e. The molecule has 142 valence electrons. The predicted molar refractivity (Wildman–Crippen MR) is 105 cm³/mol. The van der Waals surface area contributed by atoms with Crippen molar-refractivity contribution >= 4 is 17.2 Å². The minimum absolute atomic E-state index is 0.117. The molecule has 0 radical (unpaired) electrons. The molecule has 28 heavy (non-hydrogen) atoms. The van der Waals surface area contributed by atoms with Gasteiger partial charge in [-0.1, -0.05) is 12.1 Å². The third kappa shape index (κ3) is 2.54. The van der Waals surface area contributed by atoms with Crippen LogP contribution in [0.15, 0.2) is 42.7 Å². The molecule has 2 heterocycles. The molecule has 2 aromatic heterocycles. The van der Waals surface area contributed by atoms with Gasteiger partial charge in [0.25, 0.3) is 0 Å². The maximum Gasteiger partial charge on any atom is 0.230 e. The Hall–Kier alpha value is -2.76. The predicted octanol–water partition coefficient (Wildman–Crippen LogP) is 3.95. The molecule has 1 amide bonds. The van der Waals surface area contributed by atoms with E-state index < -0.39 is 0 Å². The molecule has 1 aromatic carbocycles. The molecule has 0 aliphatic heterocycles. The van der Waals surface area contributed by atoms with Crippen LogP contribution in [0.1, 0.15) is 38.5 Å². The van der Waals surface area contributed by atoms with Gasteiger partial charge in [0.05, 0.1) is 11.1 Å². The zero-order valence-electron chi connectivity index (χ0n) is 15.7. The molecular weight excluding hydrogens is 350 g/mol. The van der Waals surface area contributed by atoms with E-state index in [1.807, 2.05) is 36.4 Å². The molecule has 0 spiro atoms. The highest BCUT2D eigenvalue weighted by Crippen LogP contribution is 2.60. The van der Waals surface area contributed by atoms with Gasteiger partial charge in [-0.15, -0.1) is 10.2 Å². The lowest BCUT2D eigenvalue weighted by Crippen LogP contribution is -2.51. The van der Waals surface area contributed by atoms with E-state index in [9.17, 15) is 4.79 Å². The Labute approximate surface area is 163 Å². The standard InChI is InChI=1S/C22H23N5O/c28-21(22-10-14-7-15(11-22)9-16(8-14)12-22)24-18-3-1-17(2-4-18)19-5-6-20-25-23-13-27(20)26-19/h1-6,13-16H,7-12H2,(H,24,28). The maximum absolute atomic E-state index is 13.2. The van der Waals surface area contributed by atoms with Crippen LogP contribution in [0.5, 0.6) is 0 Å². The second-order valence-electron chi connectivity index (χ2n) is 9.08. The second kappa shape index (κ2) is 5.87. The summed E-state index contributed by atoms with van der Waals surface area (Å²) in [5.41, 5.74) is 3.33. The highest BCUT2D eigenvalue weighted by molar-refractivity contribution is 5.95. The number of nitrogens with one attached hydrogen (secondary N) is 1. The highest BCUT2D eigenvalue weighted by Gasteiger charge is 2.54. The Morgan fingerprint density at radius 2 is 1.64 bits per heavy atom. The van der Waals surface area contributed by atoms with Gasteiger partial charge in [0.2, 0.25) is 5.91 Å². The van der Waals surface area contributed by atoms with Crippen LogP contribution < -0.4 is 5.32 Å². The molecule has 6 heteroatoms. The van der Waals surface area contributed by atoms with Gasteiger partial charge in [-0.2, -0.15) is 9.61 Å². The van der Waals surface area contributed by atoms with Gasteiger partial charge in [-0.05, 0) is 80.5 Å². The summed E-state index contributed by atoms with van der Waals surface area (Å²) in [5, 5.41) is 15.6. The van der Waals surface area contributed by atoms with Gasteiger partial charge in [0, 0.05) is 11.3 Å². The Balaban J connectivity index is 1.21. The number of hydrogen-bond donors (Lipinski definition) is 1. The molecule has 1 N–H and O–H groups in total. The van der Waals surface area contributed by atoms with Crippen LogP contribution in [0, 0.1) is 23.2 Å². The van der Waals surface area contributed by atoms with Crippen molar-refractivity contribution in [1.82, 2.24) is 19.8 Å². The molecule has 7 rings (SSSR count). The van der Waals surface area contributed by atoms with Gasteiger partial charge in [0.1, 0.15) is 6.33 Å². The Bertz CT molecular complexity index is 1020. The van der Waals surface area contributed by atoms with Crippen molar-refractivity contribution in [3.8, 4) is 11.3 Å². The molecule has 4 bridgehead atoms. The molecule has 4 saturated carbocycles. The largest absolute Gasteiger partial charge is 0.326 e. The van der Waals surface area contributed by atoms with Crippen LogP contribution >= 0.6 is 0 Å². The average Bonchev–Trinajstić information content (AvgIpc) is 3.15. The van der Waals surface area contributed by atoms with Crippen molar-refractivity contribution < 1.29 is 4.79 Å². The Morgan fingerprint density at radius 1 is 0.964 bits per heavy atom. The summed E-state index contributed by atoms with van der Waals surface area (Å²) < 4.78 is 1.66. The summed E-state index contributed by atoms with van der Waals surface area (Å²) >= 11 is 0. The Morgan fingerprint density at radius 3 is 2.32 bits per heavy atom. The molecule has 4 fully saturated rings. The van der Waals surface area contributed by atoms with Gasteiger partial charge in [-0.25, -0.2) is 0 Å². The van der Waals surface area contributed by atoms with Gasteiger partial charge in [0.15, 0.2) is 5.65 Å². The number of amides is 1. The van der Waals surface area contributed by atoms with E-state index in [1.165, 1.54) is 19.3 Å². The van der Waals surface area contributed by atoms with Crippen LogP contribution in [0.3, 0.4) is 0 Å². The number of fused-ring (bicyclic) bond motifs is 1. The zero-order chi connectivity index (χ0) is 18.7. The normalized spacial score (nSPS) is 30.6. The van der Waals surface area contributed by atoms with Gasteiger partial charge >= 0.3 is 0 Å². The lowest BCUT2D eigenvalue weighted by atomic mass is 9.49. The molecule has 0 unspecified atom stereocenters. The van der Waals surface area contributed by atoms with E-state index in [0.29, 0.717) is 0 Å². The zero-order valence-corrected chi connectivity index (χ0v) is 15.7. The molecular formula is C22H23N5O. The van der Waals surface area contributed by atoms with Crippen molar-refractivity contribution in [1.29, 1.82) is 0 Å². The molecule has 3 aromatic rings. The van der Waals surface area contributed by atoms with Crippen LogP contribution in [0.25, 0.3) is 16.9 Å². The fourth-order valence-electron chi connectivity index (χ4n) is 6.26. The van der Waals surface area contributed by atoms with E-state index >= 15 is 0 Å². The summed E-state index contributed by atoms with van der Waals surface area (Å²) in [4.78, 5) is 13.2. The van der Waals surface area contributed by atoms with Crippen molar-refractivity contribution in [3.63, 3.8) is 0 Å². The van der Waals surface area contributed by atoms with Crippen LogP contribution in [-0.4, -0.2) is 25.7 Å². The summed E-state index contributed by atoms with van der Waals surface area (Å²) in [7, 11) is 0. The quantitative estimate of drug-likeness (QED) is 0.755. The summed E-state index contributed by atoms with van der Waals surface area (Å²) in [6.07, 6.45) is 8.92. The molecule has 4 aliphatic rings. The summed E-state index contributed by atoms with van der Waals surface area (Å²) in [6.45, 7) is 0. The van der Waals surface area contributed by atoms with E-state index in [1.54, 1.807) is 10.8 Å². The van der Waals surface area contributed by atoms with E-state index in [2.05, 4.69) is 20.6 Å². The van der Waals surface area contributed by atoms with Crippen LogP contribution in [-0.2, 0) is 4.79 Å². The lowest BCUT2D eigenvalue weighted by molar-refractivity contribution is -0.140. The molecule has 0 saturated heterocycles. The van der Waals surface area contributed by atoms with E-state index in [0.717, 1.165) is 59.6 Å². The summed E-state index contributed by atoms with van der Waals surface area (Å²) in [5.74, 6) is 2.57. The number of nitrogens with zero attached hydrogens (tertiary/aromatic N) is 4. The molecule has 4 aliphatic carbocycles. The monoisotopic (exact) mass is 373 g/mol. The van der Waals surface area contributed by atoms with Crippen molar-refractivity contribution in [2.45, 2.75) is 38.5 Å². The molecule has 0 atom stereocenters. The van der Waals surface area contributed by atoms with Crippen molar-refractivity contribution in [2.75, 3.05) is 5.32 Å². The first kappa shape index (κ1) is 16.2. The number of rotatable bonds is 3. The van der Waals surface area contributed by atoms with Gasteiger partial charge < -0.3 is 5.32 Å². The summed E-state index contributed by atoms with van der Waals surface area (Å²) in [6, 6.07) is 11.8. The minimum atomic E-state index is -0.117. The SMILES string of the molecule is O=C(Nc1ccc(-c2ccc3nncn3n2)cc1)C12CC3CC(CC(C3)C1)C2. The second-order valence-corrected chi connectivity index (χ2v) is 9.08. The van der Waals surface area contributed by atoms with Crippen molar-refractivity contribution in [3.05, 3.63) is 42.7 Å². The number of aromatic nitrogens is 4. The van der Waals surface area contributed by atoms with Gasteiger partial charge in [-0.3, -0.25) is 4.79 Å². The Kier molecular flexibility index (Phi) is 3.40. The average molecular weight is 373 g/mol. The smallest absolute Gasteiger partial charge is 0.230 e. The maximum atomic E-state index is 13.2. The first-order valence-electron chi connectivity index (χ1n) is 10.3. The van der Waals surface area contributed by atoms with Crippen LogP contribution in [0.4, 0.5) is 5.69 Å². The first-order chi connectivity index (χ1) is 13.7. The third-order valence-electron chi connectivity index (χ3n) is 7.12. The lowest BCUT2D eigenvalue weighted by Gasteiger charge is -2.55. The number of carbonyl (C=O) groups excluding carboxylic acids is 1. The fraction of sp³-hybridized carbons (Fsp3) is 0.455. The third-order valence-corrected chi connectivity index (χ3v) is 7.12.